The number of unbranched alkanes of at least 4 members (excludes halogenated alkanes) is 6. The summed E-state index contributed by atoms with van der Waals surface area (Å²) in [6.07, 6.45) is 20.3. The van der Waals surface area contributed by atoms with Gasteiger partial charge in [-0.05, 0) is 69.9 Å². The van der Waals surface area contributed by atoms with Crippen LogP contribution in [0.4, 0.5) is 0 Å². The number of nitrogens with zero attached hydrogens (tertiary/aromatic N) is 1. The van der Waals surface area contributed by atoms with Crippen LogP contribution >= 0.6 is 0 Å². The lowest BCUT2D eigenvalue weighted by Gasteiger charge is -2.34. The van der Waals surface area contributed by atoms with Crippen molar-refractivity contribution in [2.24, 2.45) is 11.8 Å². The Morgan fingerprint density at radius 2 is 1.73 bits per heavy atom. The van der Waals surface area contributed by atoms with Gasteiger partial charge in [0, 0.05) is 13.5 Å². The summed E-state index contributed by atoms with van der Waals surface area (Å²) in [5.41, 5.74) is -1.21. The maximum Gasteiger partial charge on any atom is 0.351 e. The van der Waals surface area contributed by atoms with Crippen LogP contribution in [0, 0.1) is 11.8 Å². The van der Waals surface area contributed by atoms with E-state index in [9.17, 15) is 9.59 Å². The van der Waals surface area contributed by atoms with E-state index in [2.05, 4.69) is 37.8 Å². The summed E-state index contributed by atoms with van der Waals surface area (Å²) in [6, 6.07) is 0. The molecule has 0 spiro atoms. The van der Waals surface area contributed by atoms with Gasteiger partial charge in [-0.15, -0.1) is 0 Å². The molecule has 1 unspecified atom stereocenters. The Kier molecular flexibility index (Phi) is 15.4. The third-order valence-corrected chi connectivity index (χ3v) is 7.25. The molecular formula is C28H51NO4. The van der Waals surface area contributed by atoms with Crippen LogP contribution in [-0.4, -0.2) is 49.2 Å². The van der Waals surface area contributed by atoms with E-state index in [4.69, 9.17) is 9.47 Å². The van der Waals surface area contributed by atoms with Crippen molar-refractivity contribution < 1.29 is 19.1 Å². The van der Waals surface area contributed by atoms with E-state index >= 15 is 0 Å². The van der Waals surface area contributed by atoms with Gasteiger partial charge in [-0.1, -0.05) is 71.4 Å². The Hall–Kier alpha value is -1.36. The summed E-state index contributed by atoms with van der Waals surface area (Å²) >= 11 is 0. The van der Waals surface area contributed by atoms with Crippen LogP contribution in [0.25, 0.3) is 0 Å². The molecule has 5 heteroatoms. The molecule has 0 amide bonds. The highest BCUT2D eigenvalue weighted by molar-refractivity contribution is 5.83. The molecule has 0 heterocycles. The third kappa shape index (κ3) is 11.1. The van der Waals surface area contributed by atoms with Gasteiger partial charge in [-0.3, -0.25) is 9.69 Å². The number of carbonyl (C=O) groups is 2. The van der Waals surface area contributed by atoms with Crippen LogP contribution in [0.15, 0.2) is 12.2 Å². The molecule has 0 radical (unpaired) electrons. The fourth-order valence-corrected chi connectivity index (χ4v) is 5.27. The van der Waals surface area contributed by atoms with Crippen LogP contribution in [-0.2, 0) is 19.1 Å². The van der Waals surface area contributed by atoms with Gasteiger partial charge < -0.3 is 9.47 Å². The largest absolute Gasteiger partial charge is 0.466 e. The first-order chi connectivity index (χ1) is 15.9. The summed E-state index contributed by atoms with van der Waals surface area (Å²) < 4.78 is 10.7. The van der Waals surface area contributed by atoms with Gasteiger partial charge in [-0.25, -0.2) is 4.79 Å². The third-order valence-electron chi connectivity index (χ3n) is 7.25. The maximum absolute atomic E-state index is 12.7. The Labute approximate surface area is 203 Å². The number of methoxy groups -OCH3 is 1. The van der Waals surface area contributed by atoms with Crippen molar-refractivity contribution in [1.82, 2.24) is 4.90 Å². The predicted molar refractivity (Wildman–Crippen MR) is 136 cm³/mol. The molecule has 33 heavy (non-hydrogen) atoms. The quantitative estimate of drug-likeness (QED) is 0.128. The van der Waals surface area contributed by atoms with E-state index in [1.807, 2.05) is 0 Å². The van der Waals surface area contributed by atoms with Crippen molar-refractivity contribution >= 4 is 11.9 Å². The molecule has 0 saturated heterocycles. The van der Waals surface area contributed by atoms with Crippen LogP contribution in [0.2, 0.25) is 0 Å². The molecule has 192 valence electrons. The molecule has 1 fully saturated rings. The van der Waals surface area contributed by atoms with E-state index in [0.29, 0.717) is 13.0 Å². The van der Waals surface area contributed by atoms with E-state index in [-0.39, 0.29) is 0 Å². The molecule has 0 aromatic heterocycles. The number of esters is 2. The van der Waals surface area contributed by atoms with Crippen molar-refractivity contribution in [1.29, 1.82) is 0 Å². The average Bonchev–Trinajstić information content (AvgIpc) is 3.25. The van der Waals surface area contributed by atoms with Crippen LogP contribution < -0.4 is 0 Å². The normalized spacial score (nSPS) is 20.3. The summed E-state index contributed by atoms with van der Waals surface area (Å²) in [5.74, 6) is 0.674. The molecular weight excluding hydrogens is 414 g/mol. The van der Waals surface area contributed by atoms with E-state index < -0.39 is 17.5 Å². The highest BCUT2D eigenvalue weighted by Crippen LogP contribution is 2.36. The number of rotatable bonds is 18. The van der Waals surface area contributed by atoms with Gasteiger partial charge in [0.25, 0.3) is 0 Å². The lowest BCUT2D eigenvalue weighted by atomic mass is 9.89. The molecule has 1 saturated carbocycles. The first kappa shape index (κ1) is 29.7. The fourth-order valence-electron chi connectivity index (χ4n) is 5.27. The molecule has 0 aromatic carbocycles. The highest BCUT2D eigenvalue weighted by atomic mass is 16.6. The summed E-state index contributed by atoms with van der Waals surface area (Å²) in [7, 11) is 1.38. The second kappa shape index (κ2) is 17.1. The SMILES string of the molecule is CCCCCCC=C[C@H]1CCC[C@@H]1CCCCCC(CN(CC)CC)(OC(C)=O)C(=O)OC. The number of ether oxygens (including phenoxy) is 2. The topological polar surface area (TPSA) is 55.8 Å². The molecule has 1 rings (SSSR count). The van der Waals surface area contributed by atoms with E-state index in [0.717, 1.165) is 44.2 Å². The molecule has 1 aliphatic rings. The van der Waals surface area contributed by atoms with Gasteiger partial charge in [0.1, 0.15) is 0 Å². The van der Waals surface area contributed by atoms with Gasteiger partial charge in [0.15, 0.2) is 0 Å². The number of likely N-dealkylation sites (N-methyl/N-ethyl adjacent to an activating group) is 1. The first-order valence-corrected chi connectivity index (χ1v) is 13.6. The zero-order valence-electron chi connectivity index (χ0n) is 22.2. The van der Waals surface area contributed by atoms with Crippen molar-refractivity contribution in [3.05, 3.63) is 12.2 Å². The Bertz CT molecular complexity index is 572. The van der Waals surface area contributed by atoms with Gasteiger partial charge >= 0.3 is 11.9 Å². The van der Waals surface area contributed by atoms with Gasteiger partial charge in [-0.2, -0.15) is 0 Å². The minimum Gasteiger partial charge on any atom is -0.466 e. The van der Waals surface area contributed by atoms with Crippen LogP contribution in [0.1, 0.15) is 111 Å². The Morgan fingerprint density at radius 1 is 1.00 bits per heavy atom. The second-order valence-corrected chi connectivity index (χ2v) is 9.77. The first-order valence-electron chi connectivity index (χ1n) is 13.6. The fraction of sp³-hybridized carbons (Fsp3) is 0.857. The molecule has 3 atom stereocenters. The maximum atomic E-state index is 12.7. The lowest BCUT2D eigenvalue weighted by molar-refractivity contribution is -0.183. The number of allylic oxidation sites excluding steroid dienone is 2. The van der Waals surface area contributed by atoms with Crippen molar-refractivity contribution in [3.63, 3.8) is 0 Å². The Balaban J connectivity index is 2.53. The number of hydrogen-bond donors (Lipinski definition) is 0. The summed E-state index contributed by atoms with van der Waals surface area (Å²) in [4.78, 5) is 26.7. The van der Waals surface area contributed by atoms with Gasteiger partial charge in [0.2, 0.25) is 5.60 Å². The number of hydrogen-bond acceptors (Lipinski definition) is 5. The minimum atomic E-state index is -1.21. The lowest BCUT2D eigenvalue weighted by Crippen LogP contribution is -2.52. The smallest absolute Gasteiger partial charge is 0.351 e. The number of carbonyl (C=O) groups excluding carboxylic acids is 2. The van der Waals surface area contributed by atoms with E-state index in [1.165, 1.54) is 71.8 Å². The van der Waals surface area contributed by atoms with E-state index in [1.54, 1.807) is 0 Å². The van der Waals surface area contributed by atoms with Crippen LogP contribution in [0.3, 0.4) is 0 Å². The molecule has 0 aromatic rings. The highest BCUT2D eigenvalue weighted by Gasteiger charge is 2.43. The summed E-state index contributed by atoms with van der Waals surface area (Å²) in [5, 5.41) is 0. The molecule has 5 nitrogen and oxygen atoms in total. The van der Waals surface area contributed by atoms with Crippen molar-refractivity contribution in [3.8, 4) is 0 Å². The zero-order chi connectivity index (χ0) is 24.5. The predicted octanol–water partition coefficient (Wildman–Crippen LogP) is 6.70. The molecule has 0 aliphatic heterocycles. The Morgan fingerprint density at radius 3 is 2.36 bits per heavy atom. The van der Waals surface area contributed by atoms with Gasteiger partial charge in [0.05, 0.1) is 7.11 Å². The van der Waals surface area contributed by atoms with Crippen LogP contribution in [0.5, 0.6) is 0 Å². The summed E-state index contributed by atoms with van der Waals surface area (Å²) in [6.45, 7) is 9.72. The second-order valence-electron chi connectivity index (χ2n) is 9.77. The molecule has 1 aliphatic carbocycles. The minimum absolute atomic E-state index is 0.389. The zero-order valence-corrected chi connectivity index (χ0v) is 22.2. The standard InChI is InChI=1S/C28H51NO4/c1-6-9-10-11-12-14-18-25-20-17-21-26(25)19-15-13-16-22-28(27(31)32-5,33-24(4)30)23-29(7-2)8-3/h14,18,25-26H,6-13,15-17,19-23H2,1-5H3/t25-,26-,28?/m0/s1. The average molecular weight is 466 g/mol. The monoisotopic (exact) mass is 465 g/mol. The molecule has 0 bridgehead atoms. The molecule has 0 N–H and O–H groups in total. The van der Waals surface area contributed by atoms with Crippen molar-refractivity contribution in [2.45, 2.75) is 117 Å². The van der Waals surface area contributed by atoms with Crippen molar-refractivity contribution in [2.75, 3.05) is 26.7 Å².